The van der Waals surface area contributed by atoms with E-state index in [0.29, 0.717) is 35.0 Å². The average molecular weight is 455 g/mol. The second kappa shape index (κ2) is 9.48. The van der Waals surface area contributed by atoms with Crippen LogP contribution in [0, 0.1) is 17.5 Å². The lowest BCUT2D eigenvalue weighted by Crippen LogP contribution is -2.29. The number of aliphatic carboxylic acids is 1. The summed E-state index contributed by atoms with van der Waals surface area (Å²) in [6.45, 7) is 0.388. The molecule has 0 spiro atoms. The number of carbonyl (C=O) groups excluding carboxylic acids is 1. The molecule has 0 unspecified atom stereocenters. The lowest BCUT2D eigenvalue weighted by molar-refractivity contribution is -0.137. The monoisotopic (exact) mass is 455 g/mol. The van der Waals surface area contributed by atoms with Gasteiger partial charge < -0.3 is 9.52 Å². The van der Waals surface area contributed by atoms with E-state index < -0.39 is 23.4 Å². The number of furan rings is 1. The summed E-state index contributed by atoms with van der Waals surface area (Å²) in [6.07, 6.45) is 3.37. The summed E-state index contributed by atoms with van der Waals surface area (Å²) in [4.78, 5) is 24.9. The fraction of sp³-hybridized carbons (Fsp3) is 0.250. The van der Waals surface area contributed by atoms with Crippen LogP contribution in [0.5, 0.6) is 0 Å². The number of hydrogen-bond acceptors (Lipinski definition) is 5. The van der Waals surface area contributed by atoms with E-state index in [1.54, 1.807) is 0 Å². The molecule has 5 nitrogen and oxygen atoms in total. The Bertz CT molecular complexity index is 1010. The Morgan fingerprint density at radius 2 is 1.87 bits per heavy atom. The minimum atomic E-state index is -1.56. The van der Waals surface area contributed by atoms with Crippen molar-refractivity contribution >= 4 is 46.3 Å². The molecule has 0 radical (unpaired) electrons. The molecule has 1 aromatic carbocycles. The number of carbonyl (C=O) groups is 2. The van der Waals surface area contributed by atoms with Crippen molar-refractivity contribution in [2.75, 3.05) is 6.54 Å². The van der Waals surface area contributed by atoms with Crippen LogP contribution in [0.4, 0.5) is 13.2 Å². The molecule has 3 rings (SSSR count). The molecule has 1 fully saturated rings. The van der Waals surface area contributed by atoms with Gasteiger partial charge in [0.1, 0.15) is 15.8 Å². The van der Waals surface area contributed by atoms with Gasteiger partial charge in [-0.2, -0.15) is 0 Å². The Morgan fingerprint density at radius 3 is 2.53 bits per heavy atom. The number of amides is 1. The van der Waals surface area contributed by atoms with Crippen molar-refractivity contribution in [3.63, 3.8) is 0 Å². The highest BCUT2D eigenvalue weighted by Gasteiger charge is 2.31. The highest BCUT2D eigenvalue weighted by atomic mass is 32.2. The van der Waals surface area contributed by atoms with Crippen molar-refractivity contribution in [3.8, 4) is 11.3 Å². The van der Waals surface area contributed by atoms with E-state index in [-0.39, 0.29) is 29.4 Å². The van der Waals surface area contributed by atoms with Crippen LogP contribution in [-0.2, 0) is 9.59 Å². The molecule has 0 bridgehead atoms. The van der Waals surface area contributed by atoms with Gasteiger partial charge in [-0.1, -0.05) is 30.4 Å². The lowest BCUT2D eigenvalue weighted by Gasteiger charge is -2.13. The molecule has 30 heavy (non-hydrogen) atoms. The van der Waals surface area contributed by atoms with Gasteiger partial charge in [-0.05, 0) is 37.1 Å². The van der Waals surface area contributed by atoms with Crippen molar-refractivity contribution in [2.45, 2.75) is 25.7 Å². The average Bonchev–Trinajstić information content (AvgIpc) is 3.25. The third kappa shape index (κ3) is 5.11. The van der Waals surface area contributed by atoms with Crippen LogP contribution in [0.3, 0.4) is 0 Å². The van der Waals surface area contributed by atoms with E-state index in [1.807, 2.05) is 0 Å². The lowest BCUT2D eigenvalue weighted by atomic mass is 10.1. The molecule has 2 heterocycles. The second-order valence-corrected chi connectivity index (χ2v) is 8.17. The third-order valence-electron chi connectivity index (χ3n) is 4.31. The minimum absolute atomic E-state index is 0.0277. The topological polar surface area (TPSA) is 70.8 Å². The zero-order valence-corrected chi connectivity index (χ0v) is 17.1. The first-order chi connectivity index (χ1) is 14.3. The number of benzene rings is 1. The summed E-state index contributed by atoms with van der Waals surface area (Å²) >= 11 is 6.34. The van der Waals surface area contributed by atoms with E-state index in [0.717, 1.165) is 23.9 Å². The Balaban J connectivity index is 1.67. The standard InChI is InChI=1S/C20H16F3NO4S2/c21-13-8-11(9-14(22)18(13)23)15-6-5-12(28-15)10-16-19(27)24(20(29)30-16)7-3-1-2-4-17(25)26/h5-6,8-10H,1-4,7H2,(H,25,26)/b16-10+. The molecule has 158 valence electrons. The van der Waals surface area contributed by atoms with Gasteiger partial charge in [0.25, 0.3) is 5.91 Å². The molecule has 1 aliphatic rings. The number of halogens is 3. The van der Waals surface area contributed by atoms with Crippen molar-refractivity contribution in [1.82, 2.24) is 4.90 Å². The molecule has 0 aliphatic carbocycles. The molecule has 1 aromatic heterocycles. The van der Waals surface area contributed by atoms with Crippen LogP contribution < -0.4 is 0 Å². The fourth-order valence-electron chi connectivity index (χ4n) is 2.83. The highest BCUT2D eigenvalue weighted by Crippen LogP contribution is 2.34. The first kappa shape index (κ1) is 22.1. The van der Waals surface area contributed by atoms with Crippen LogP contribution in [0.1, 0.15) is 31.4 Å². The molecular weight excluding hydrogens is 439 g/mol. The molecule has 1 saturated heterocycles. The van der Waals surface area contributed by atoms with Gasteiger partial charge in [-0.15, -0.1) is 0 Å². The predicted molar refractivity (Wildman–Crippen MR) is 110 cm³/mol. The molecule has 1 amide bonds. The van der Waals surface area contributed by atoms with Crippen LogP contribution in [-0.4, -0.2) is 32.7 Å². The number of unbranched alkanes of at least 4 members (excludes halogenated alkanes) is 2. The number of thiocarbonyl (C=S) groups is 1. The minimum Gasteiger partial charge on any atom is -0.481 e. The van der Waals surface area contributed by atoms with Crippen LogP contribution in [0.2, 0.25) is 0 Å². The quantitative estimate of drug-likeness (QED) is 0.255. The number of carboxylic acid groups (broad SMARTS) is 1. The van der Waals surface area contributed by atoms with E-state index in [2.05, 4.69) is 0 Å². The first-order valence-corrected chi connectivity index (χ1v) is 10.2. The molecule has 1 aliphatic heterocycles. The molecule has 10 heteroatoms. The number of carboxylic acids is 1. The zero-order chi connectivity index (χ0) is 21.8. The summed E-state index contributed by atoms with van der Waals surface area (Å²) in [7, 11) is 0. The number of nitrogens with zero attached hydrogens (tertiary/aromatic N) is 1. The predicted octanol–water partition coefficient (Wildman–Crippen LogP) is 5.21. The largest absolute Gasteiger partial charge is 0.481 e. The molecule has 2 aromatic rings. The van der Waals surface area contributed by atoms with Gasteiger partial charge in [0.15, 0.2) is 17.5 Å². The fourth-order valence-corrected chi connectivity index (χ4v) is 4.12. The zero-order valence-electron chi connectivity index (χ0n) is 15.5. The Hall–Kier alpha value is -2.59. The smallest absolute Gasteiger partial charge is 0.303 e. The second-order valence-electron chi connectivity index (χ2n) is 6.49. The summed E-state index contributed by atoms with van der Waals surface area (Å²) in [5.74, 6) is -4.96. The van der Waals surface area contributed by atoms with Crippen LogP contribution in [0.15, 0.2) is 33.6 Å². The van der Waals surface area contributed by atoms with Gasteiger partial charge in [0.05, 0.1) is 4.91 Å². The highest BCUT2D eigenvalue weighted by molar-refractivity contribution is 8.26. The maximum absolute atomic E-state index is 13.4. The summed E-state index contributed by atoms with van der Waals surface area (Å²) in [5.41, 5.74) is 0.0277. The third-order valence-corrected chi connectivity index (χ3v) is 5.69. The summed E-state index contributed by atoms with van der Waals surface area (Å²) in [5, 5.41) is 8.64. The van der Waals surface area contributed by atoms with Crippen molar-refractivity contribution in [2.24, 2.45) is 0 Å². The van der Waals surface area contributed by atoms with Crippen molar-refractivity contribution < 1.29 is 32.3 Å². The number of hydrogen-bond donors (Lipinski definition) is 1. The van der Waals surface area contributed by atoms with Crippen LogP contribution >= 0.6 is 24.0 Å². The van der Waals surface area contributed by atoms with Crippen molar-refractivity contribution in [1.29, 1.82) is 0 Å². The molecule has 0 atom stereocenters. The Kier molecular flexibility index (Phi) is 6.99. The van der Waals surface area contributed by atoms with Gasteiger partial charge in [0, 0.05) is 24.6 Å². The number of rotatable bonds is 8. The van der Waals surface area contributed by atoms with E-state index >= 15 is 0 Å². The summed E-state index contributed by atoms with van der Waals surface area (Å²) < 4.78 is 45.9. The molecule has 0 saturated carbocycles. The molecule has 1 N–H and O–H groups in total. The van der Waals surface area contributed by atoms with Gasteiger partial charge in [0.2, 0.25) is 0 Å². The van der Waals surface area contributed by atoms with Crippen molar-refractivity contribution in [3.05, 3.63) is 52.4 Å². The normalized spacial score (nSPS) is 15.4. The Labute approximate surface area is 179 Å². The number of thioether (sulfide) groups is 1. The maximum atomic E-state index is 13.4. The van der Waals surface area contributed by atoms with Gasteiger partial charge >= 0.3 is 5.97 Å². The van der Waals surface area contributed by atoms with E-state index in [4.69, 9.17) is 21.7 Å². The summed E-state index contributed by atoms with van der Waals surface area (Å²) in [6, 6.07) is 4.63. The van der Waals surface area contributed by atoms with E-state index in [9.17, 15) is 22.8 Å². The van der Waals surface area contributed by atoms with Crippen LogP contribution in [0.25, 0.3) is 17.4 Å². The molecular formula is C20H16F3NO4S2. The first-order valence-electron chi connectivity index (χ1n) is 8.98. The Morgan fingerprint density at radius 1 is 1.17 bits per heavy atom. The van der Waals surface area contributed by atoms with Gasteiger partial charge in [-0.3, -0.25) is 14.5 Å². The van der Waals surface area contributed by atoms with Gasteiger partial charge in [-0.25, -0.2) is 13.2 Å². The van der Waals surface area contributed by atoms with E-state index in [1.165, 1.54) is 23.1 Å². The maximum Gasteiger partial charge on any atom is 0.303 e. The SMILES string of the molecule is O=C(O)CCCCCN1C(=O)/C(=C\c2ccc(-c3cc(F)c(F)c(F)c3)o2)SC1=S.